The van der Waals surface area contributed by atoms with Crippen LogP contribution in [0.15, 0.2) is 15.9 Å². The number of amides is 1. The molecule has 0 radical (unpaired) electrons. The van der Waals surface area contributed by atoms with E-state index in [-0.39, 0.29) is 18.1 Å². The van der Waals surface area contributed by atoms with Crippen molar-refractivity contribution in [2.75, 3.05) is 20.2 Å². The third-order valence-corrected chi connectivity index (χ3v) is 4.66. The van der Waals surface area contributed by atoms with E-state index in [4.69, 9.17) is 4.74 Å². The second-order valence-electron chi connectivity index (χ2n) is 4.43. The van der Waals surface area contributed by atoms with Gasteiger partial charge in [-0.2, -0.15) is 0 Å². The average molecular weight is 333 g/mol. The van der Waals surface area contributed by atoms with Gasteiger partial charge in [-0.25, -0.2) is 0 Å². The quantitative estimate of drug-likeness (QED) is 0.918. The fraction of sp³-hybridized carbons (Fsp3) is 0.583. The predicted octanol–water partition coefficient (Wildman–Crippen LogP) is 1.85. The molecule has 4 nitrogen and oxygen atoms in total. The largest absolute Gasteiger partial charge is 0.375 e. The summed E-state index contributed by atoms with van der Waals surface area (Å²) in [6, 6.07) is 1.81. The van der Waals surface area contributed by atoms with Gasteiger partial charge in [0, 0.05) is 28.3 Å². The number of rotatable bonds is 3. The van der Waals surface area contributed by atoms with E-state index in [9.17, 15) is 4.79 Å². The van der Waals surface area contributed by atoms with E-state index < -0.39 is 0 Å². The Balaban J connectivity index is 1.95. The number of carbonyl (C=O) groups excluding carboxylic acids is 1. The molecule has 0 unspecified atom stereocenters. The van der Waals surface area contributed by atoms with Crippen molar-refractivity contribution in [3.05, 3.63) is 20.8 Å². The maximum Gasteiger partial charge on any atom is 0.242 e. The van der Waals surface area contributed by atoms with Gasteiger partial charge in [-0.15, -0.1) is 11.3 Å². The molecular formula is C12H17BrN2O2S. The first-order valence-corrected chi connectivity index (χ1v) is 7.58. The molecule has 1 fully saturated rings. The zero-order valence-corrected chi connectivity index (χ0v) is 12.9. The summed E-state index contributed by atoms with van der Waals surface area (Å²) < 4.78 is 6.57. The van der Waals surface area contributed by atoms with Crippen LogP contribution < -0.4 is 5.32 Å². The summed E-state index contributed by atoms with van der Waals surface area (Å²) in [5.41, 5.74) is 0. The van der Waals surface area contributed by atoms with Crippen molar-refractivity contribution in [2.45, 2.75) is 25.6 Å². The maximum absolute atomic E-state index is 12.3. The standard InChI is InChI=1S/C12H17BrN2O2S/c1-8-11(14-3-4-17-8)12(16)15(2)6-10-5-9(13)7-18-10/h5,7-8,11,14H,3-4,6H2,1-2H3/t8-,11+/m1/s1. The van der Waals surface area contributed by atoms with E-state index in [1.54, 1.807) is 16.2 Å². The Morgan fingerprint density at radius 1 is 1.72 bits per heavy atom. The van der Waals surface area contributed by atoms with Crippen LogP contribution >= 0.6 is 27.3 Å². The second kappa shape index (κ2) is 6.14. The normalized spacial score (nSPS) is 23.9. The van der Waals surface area contributed by atoms with Crippen molar-refractivity contribution in [3.63, 3.8) is 0 Å². The number of nitrogens with one attached hydrogen (secondary N) is 1. The first-order chi connectivity index (χ1) is 8.58. The highest BCUT2D eigenvalue weighted by atomic mass is 79.9. The Morgan fingerprint density at radius 2 is 2.50 bits per heavy atom. The lowest BCUT2D eigenvalue weighted by atomic mass is 10.1. The zero-order valence-electron chi connectivity index (χ0n) is 10.5. The number of halogens is 1. The Hall–Kier alpha value is -0.430. The summed E-state index contributed by atoms with van der Waals surface area (Å²) >= 11 is 5.07. The number of likely N-dealkylation sites (N-methyl/N-ethyl adjacent to an activating group) is 1. The topological polar surface area (TPSA) is 41.6 Å². The molecule has 2 atom stereocenters. The summed E-state index contributed by atoms with van der Waals surface area (Å²) in [6.07, 6.45) is -0.0660. The number of nitrogens with zero attached hydrogens (tertiary/aromatic N) is 1. The Labute approximate surface area is 119 Å². The second-order valence-corrected chi connectivity index (χ2v) is 6.34. The molecule has 0 aromatic carbocycles. The number of carbonyl (C=O) groups is 1. The van der Waals surface area contributed by atoms with Gasteiger partial charge in [-0.1, -0.05) is 0 Å². The van der Waals surface area contributed by atoms with Crippen LogP contribution in [0, 0.1) is 0 Å². The van der Waals surface area contributed by atoms with Crippen LogP contribution in [-0.4, -0.2) is 43.2 Å². The fourth-order valence-corrected chi connectivity index (χ4v) is 3.50. The molecule has 1 aliphatic rings. The molecule has 0 spiro atoms. The molecule has 6 heteroatoms. The minimum absolute atomic E-state index is 0.0660. The van der Waals surface area contributed by atoms with Crippen molar-refractivity contribution in [3.8, 4) is 0 Å². The molecule has 18 heavy (non-hydrogen) atoms. The van der Waals surface area contributed by atoms with E-state index in [1.165, 1.54) is 4.88 Å². The molecule has 1 aromatic rings. The highest BCUT2D eigenvalue weighted by Gasteiger charge is 2.30. The van der Waals surface area contributed by atoms with Crippen molar-refractivity contribution in [2.24, 2.45) is 0 Å². The molecule has 1 aromatic heterocycles. The van der Waals surface area contributed by atoms with E-state index in [0.29, 0.717) is 13.2 Å². The molecule has 1 aliphatic heterocycles. The van der Waals surface area contributed by atoms with E-state index in [1.807, 2.05) is 25.4 Å². The van der Waals surface area contributed by atoms with Gasteiger partial charge in [-0.3, -0.25) is 4.79 Å². The summed E-state index contributed by atoms with van der Waals surface area (Å²) in [5, 5.41) is 5.24. The van der Waals surface area contributed by atoms with Gasteiger partial charge in [0.1, 0.15) is 6.04 Å². The van der Waals surface area contributed by atoms with Crippen LogP contribution in [0.3, 0.4) is 0 Å². The van der Waals surface area contributed by atoms with Gasteiger partial charge in [0.2, 0.25) is 5.91 Å². The van der Waals surface area contributed by atoms with Gasteiger partial charge in [0.25, 0.3) is 0 Å². The smallest absolute Gasteiger partial charge is 0.242 e. The van der Waals surface area contributed by atoms with E-state index in [0.717, 1.165) is 11.0 Å². The van der Waals surface area contributed by atoms with Crippen LogP contribution in [0.2, 0.25) is 0 Å². The van der Waals surface area contributed by atoms with Crippen LogP contribution in [0.5, 0.6) is 0 Å². The Bertz CT molecular complexity index is 424. The first kappa shape index (κ1) is 14.0. The lowest BCUT2D eigenvalue weighted by Gasteiger charge is -2.32. The SMILES string of the molecule is C[C@H]1OCCN[C@@H]1C(=O)N(C)Cc1cc(Br)cs1. The van der Waals surface area contributed by atoms with Crippen LogP contribution in [-0.2, 0) is 16.1 Å². The van der Waals surface area contributed by atoms with Gasteiger partial charge in [0.05, 0.1) is 19.3 Å². The molecule has 0 bridgehead atoms. The minimum atomic E-state index is -0.229. The third-order valence-electron chi connectivity index (χ3n) is 2.97. The number of hydrogen-bond donors (Lipinski definition) is 1. The molecule has 1 N–H and O–H groups in total. The highest BCUT2D eigenvalue weighted by molar-refractivity contribution is 9.10. The Kier molecular flexibility index (Phi) is 4.77. The van der Waals surface area contributed by atoms with Gasteiger partial charge < -0.3 is 15.0 Å². The molecule has 2 rings (SSSR count). The average Bonchev–Trinajstić information content (AvgIpc) is 2.74. The first-order valence-electron chi connectivity index (χ1n) is 5.91. The van der Waals surface area contributed by atoms with Crippen LogP contribution in [0.1, 0.15) is 11.8 Å². The van der Waals surface area contributed by atoms with Crippen molar-refractivity contribution in [1.82, 2.24) is 10.2 Å². The number of ether oxygens (including phenoxy) is 1. The molecule has 100 valence electrons. The van der Waals surface area contributed by atoms with Gasteiger partial charge >= 0.3 is 0 Å². The highest BCUT2D eigenvalue weighted by Crippen LogP contribution is 2.21. The Morgan fingerprint density at radius 3 is 3.11 bits per heavy atom. The molecule has 0 aliphatic carbocycles. The monoisotopic (exact) mass is 332 g/mol. The van der Waals surface area contributed by atoms with Crippen molar-refractivity contribution < 1.29 is 9.53 Å². The summed E-state index contributed by atoms with van der Waals surface area (Å²) in [7, 11) is 1.83. The molecular weight excluding hydrogens is 316 g/mol. The fourth-order valence-electron chi connectivity index (χ4n) is 2.00. The number of morpholine rings is 1. The lowest BCUT2D eigenvalue weighted by Crippen LogP contribution is -2.55. The zero-order chi connectivity index (χ0) is 13.1. The van der Waals surface area contributed by atoms with E-state index >= 15 is 0 Å². The van der Waals surface area contributed by atoms with E-state index in [2.05, 4.69) is 21.2 Å². The van der Waals surface area contributed by atoms with Gasteiger partial charge in [-0.05, 0) is 28.9 Å². The summed E-state index contributed by atoms with van der Waals surface area (Å²) in [4.78, 5) is 15.2. The predicted molar refractivity (Wildman–Crippen MR) is 75.7 cm³/mol. The lowest BCUT2D eigenvalue weighted by molar-refractivity contribution is -0.138. The maximum atomic E-state index is 12.3. The van der Waals surface area contributed by atoms with Crippen molar-refractivity contribution >= 4 is 33.2 Å². The van der Waals surface area contributed by atoms with Crippen molar-refractivity contribution in [1.29, 1.82) is 0 Å². The number of thiophene rings is 1. The molecule has 0 saturated carbocycles. The number of hydrogen-bond acceptors (Lipinski definition) is 4. The summed E-state index contributed by atoms with van der Waals surface area (Å²) in [5.74, 6) is 0.0896. The van der Waals surface area contributed by atoms with Crippen LogP contribution in [0.4, 0.5) is 0 Å². The third kappa shape index (κ3) is 3.32. The van der Waals surface area contributed by atoms with Crippen LogP contribution in [0.25, 0.3) is 0 Å². The molecule has 1 saturated heterocycles. The molecule has 2 heterocycles. The molecule has 1 amide bonds. The minimum Gasteiger partial charge on any atom is -0.375 e. The summed E-state index contributed by atoms with van der Waals surface area (Å²) in [6.45, 7) is 3.98. The van der Waals surface area contributed by atoms with Gasteiger partial charge in [0.15, 0.2) is 0 Å².